The van der Waals surface area contributed by atoms with Crippen LogP contribution in [0.4, 0.5) is 5.69 Å². The molecule has 3 rings (SSSR count). The SMILES string of the molecule is CCOC(=O)C1=C(Nc2ccccc2)O/C(=C\c2ccccc2OCC)C1=O. The van der Waals surface area contributed by atoms with E-state index in [9.17, 15) is 9.59 Å². The third kappa shape index (κ3) is 4.23. The van der Waals surface area contributed by atoms with Crippen LogP contribution >= 0.6 is 0 Å². The third-order valence-electron chi connectivity index (χ3n) is 3.91. The van der Waals surface area contributed by atoms with Crippen LogP contribution in [0.15, 0.2) is 71.8 Å². The molecule has 0 atom stereocenters. The summed E-state index contributed by atoms with van der Waals surface area (Å²) in [6.07, 6.45) is 1.56. The highest BCUT2D eigenvalue weighted by Crippen LogP contribution is 2.30. The lowest BCUT2D eigenvalue weighted by atomic mass is 10.1. The second-order valence-electron chi connectivity index (χ2n) is 5.83. The summed E-state index contributed by atoms with van der Waals surface area (Å²) in [4.78, 5) is 25.2. The van der Waals surface area contributed by atoms with Crippen LogP contribution in [-0.2, 0) is 19.1 Å². The second kappa shape index (κ2) is 8.90. The summed E-state index contributed by atoms with van der Waals surface area (Å²) in [7, 11) is 0. The van der Waals surface area contributed by atoms with Crippen LogP contribution in [0.5, 0.6) is 5.75 Å². The number of para-hydroxylation sites is 2. The molecule has 0 spiro atoms. The molecule has 1 aliphatic rings. The first-order valence-electron chi connectivity index (χ1n) is 9.03. The number of Topliss-reactive ketones (excluding diaryl/α,β-unsaturated/α-hetero) is 1. The third-order valence-corrected chi connectivity index (χ3v) is 3.91. The van der Waals surface area contributed by atoms with Gasteiger partial charge >= 0.3 is 5.97 Å². The van der Waals surface area contributed by atoms with Crippen molar-refractivity contribution in [3.63, 3.8) is 0 Å². The molecule has 144 valence electrons. The fourth-order valence-electron chi connectivity index (χ4n) is 2.69. The minimum Gasteiger partial charge on any atom is -0.493 e. The number of anilines is 1. The van der Waals surface area contributed by atoms with Gasteiger partial charge in [0, 0.05) is 11.3 Å². The molecule has 1 heterocycles. The summed E-state index contributed by atoms with van der Waals surface area (Å²) in [5, 5.41) is 2.98. The molecule has 0 unspecified atom stereocenters. The van der Waals surface area contributed by atoms with Crippen LogP contribution in [0, 0.1) is 0 Å². The molecule has 0 saturated heterocycles. The lowest BCUT2D eigenvalue weighted by Crippen LogP contribution is -2.16. The molecule has 0 fully saturated rings. The van der Waals surface area contributed by atoms with E-state index in [1.54, 1.807) is 37.3 Å². The standard InChI is InChI=1S/C22H21NO5/c1-3-26-17-13-9-8-10-15(17)14-18-20(24)19(22(25)27-4-2)21(28-18)23-16-11-6-5-7-12-16/h5-14,23H,3-4H2,1-2H3/b18-14-. The first kappa shape index (κ1) is 19.2. The van der Waals surface area contributed by atoms with Gasteiger partial charge in [-0.2, -0.15) is 0 Å². The summed E-state index contributed by atoms with van der Waals surface area (Å²) in [5.41, 5.74) is 1.20. The van der Waals surface area contributed by atoms with Gasteiger partial charge in [0.1, 0.15) is 5.75 Å². The average molecular weight is 379 g/mol. The molecule has 6 nitrogen and oxygen atoms in total. The Hall–Kier alpha value is -3.54. The fourth-order valence-corrected chi connectivity index (χ4v) is 2.69. The molecule has 0 aromatic heterocycles. The lowest BCUT2D eigenvalue weighted by Gasteiger charge is -2.09. The van der Waals surface area contributed by atoms with Gasteiger partial charge in [0.2, 0.25) is 11.7 Å². The maximum absolute atomic E-state index is 12.9. The Morgan fingerprint density at radius 3 is 2.46 bits per heavy atom. The number of nitrogens with one attached hydrogen (secondary N) is 1. The van der Waals surface area contributed by atoms with Gasteiger partial charge in [-0.1, -0.05) is 36.4 Å². The van der Waals surface area contributed by atoms with Crippen molar-refractivity contribution >= 4 is 23.5 Å². The lowest BCUT2D eigenvalue weighted by molar-refractivity contribution is -0.139. The summed E-state index contributed by atoms with van der Waals surface area (Å²) in [5.74, 6) is -0.574. The van der Waals surface area contributed by atoms with E-state index >= 15 is 0 Å². The quantitative estimate of drug-likeness (QED) is 0.447. The largest absolute Gasteiger partial charge is 0.493 e. The first-order valence-corrected chi connectivity index (χ1v) is 9.03. The average Bonchev–Trinajstić information content (AvgIpc) is 2.99. The number of carbonyl (C=O) groups is 2. The minimum atomic E-state index is -0.729. The first-order chi connectivity index (χ1) is 13.6. The molecule has 6 heteroatoms. The predicted octanol–water partition coefficient (Wildman–Crippen LogP) is 3.91. The molecule has 0 aliphatic carbocycles. The monoisotopic (exact) mass is 379 g/mol. The van der Waals surface area contributed by atoms with Gasteiger partial charge in [-0.3, -0.25) is 4.79 Å². The molecule has 0 amide bonds. The van der Waals surface area contributed by atoms with E-state index in [1.165, 1.54) is 0 Å². The molecule has 0 bridgehead atoms. The summed E-state index contributed by atoms with van der Waals surface area (Å²) >= 11 is 0. The normalized spacial score (nSPS) is 14.8. The van der Waals surface area contributed by atoms with Crippen LogP contribution in [-0.4, -0.2) is 25.0 Å². The summed E-state index contributed by atoms with van der Waals surface area (Å²) < 4.78 is 16.3. The van der Waals surface area contributed by atoms with Crippen LogP contribution < -0.4 is 10.1 Å². The zero-order valence-corrected chi connectivity index (χ0v) is 15.7. The van der Waals surface area contributed by atoms with Gasteiger partial charge < -0.3 is 19.5 Å². The molecular formula is C22H21NO5. The number of ketones is 1. The van der Waals surface area contributed by atoms with Gasteiger partial charge in [0.05, 0.1) is 13.2 Å². The number of hydrogen-bond donors (Lipinski definition) is 1. The van der Waals surface area contributed by atoms with E-state index in [0.29, 0.717) is 23.6 Å². The van der Waals surface area contributed by atoms with Crippen molar-refractivity contribution in [1.29, 1.82) is 0 Å². The van der Waals surface area contributed by atoms with Gasteiger partial charge in [0.25, 0.3) is 0 Å². The van der Waals surface area contributed by atoms with Crippen LogP contribution in [0.3, 0.4) is 0 Å². The van der Waals surface area contributed by atoms with E-state index in [-0.39, 0.29) is 23.8 Å². The van der Waals surface area contributed by atoms with Crippen molar-refractivity contribution < 1.29 is 23.8 Å². The number of carbonyl (C=O) groups excluding carboxylic acids is 2. The Balaban J connectivity index is 1.95. The minimum absolute atomic E-state index is 0.0219. The van der Waals surface area contributed by atoms with Crippen molar-refractivity contribution in [1.82, 2.24) is 0 Å². The van der Waals surface area contributed by atoms with Gasteiger partial charge in [-0.05, 0) is 38.1 Å². The molecule has 0 saturated carbocycles. The fraction of sp³-hybridized carbons (Fsp3) is 0.182. The summed E-state index contributed by atoms with van der Waals surface area (Å²) in [6, 6.07) is 16.4. The van der Waals surface area contributed by atoms with Crippen molar-refractivity contribution in [2.45, 2.75) is 13.8 Å². The highest BCUT2D eigenvalue weighted by molar-refractivity contribution is 6.26. The molecule has 1 aliphatic heterocycles. The topological polar surface area (TPSA) is 73.9 Å². The number of esters is 1. The van der Waals surface area contributed by atoms with Crippen molar-refractivity contribution in [2.75, 3.05) is 18.5 Å². The van der Waals surface area contributed by atoms with Gasteiger partial charge in [-0.25, -0.2) is 4.79 Å². The zero-order valence-electron chi connectivity index (χ0n) is 15.7. The smallest absolute Gasteiger partial charge is 0.347 e. The Morgan fingerprint density at radius 2 is 1.75 bits per heavy atom. The van der Waals surface area contributed by atoms with E-state index in [2.05, 4.69) is 5.32 Å². The second-order valence-corrected chi connectivity index (χ2v) is 5.83. The van der Waals surface area contributed by atoms with Crippen LogP contribution in [0.25, 0.3) is 6.08 Å². The summed E-state index contributed by atoms with van der Waals surface area (Å²) in [6.45, 7) is 4.20. The van der Waals surface area contributed by atoms with Gasteiger partial charge in [0.15, 0.2) is 11.3 Å². The molecule has 2 aromatic carbocycles. The number of hydrogen-bond acceptors (Lipinski definition) is 6. The van der Waals surface area contributed by atoms with Crippen LogP contribution in [0.2, 0.25) is 0 Å². The molecule has 0 radical (unpaired) electrons. The molecule has 28 heavy (non-hydrogen) atoms. The van der Waals surface area contributed by atoms with Crippen molar-refractivity contribution in [3.8, 4) is 5.75 Å². The number of benzene rings is 2. The Bertz CT molecular complexity index is 931. The number of allylic oxidation sites excluding steroid dienone is 1. The van der Waals surface area contributed by atoms with Crippen molar-refractivity contribution in [3.05, 3.63) is 77.4 Å². The van der Waals surface area contributed by atoms with Gasteiger partial charge in [-0.15, -0.1) is 0 Å². The molecular weight excluding hydrogens is 358 g/mol. The van der Waals surface area contributed by atoms with E-state index < -0.39 is 11.8 Å². The number of ether oxygens (including phenoxy) is 3. The Labute approximate surface area is 163 Å². The van der Waals surface area contributed by atoms with Crippen LogP contribution in [0.1, 0.15) is 19.4 Å². The zero-order chi connectivity index (χ0) is 19.9. The molecule has 1 N–H and O–H groups in total. The maximum atomic E-state index is 12.9. The van der Waals surface area contributed by atoms with Crippen molar-refractivity contribution in [2.24, 2.45) is 0 Å². The highest BCUT2D eigenvalue weighted by Gasteiger charge is 2.37. The Kier molecular flexibility index (Phi) is 6.11. The predicted molar refractivity (Wildman–Crippen MR) is 105 cm³/mol. The number of rotatable bonds is 7. The molecule has 2 aromatic rings. The van der Waals surface area contributed by atoms with E-state index in [1.807, 2.05) is 37.3 Å². The van der Waals surface area contributed by atoms with E-state index in [0.717, 1.165) is 0 Å². The maximum Gasteiger partial charge on any atom is 0.347 e. The van der Waals surface area contributed by atoms with E-state index in [4.69, 9.17) is 14.2 Å². The highest BCUT2D eigenvalue weighted by atomic mass is 16.5. The Morgan fingerprint density at radius 1 is 1.04 bits per heavy atom.